The maximum Gasteiger partial charge on any atom is 0.255 e. The lowest BCUT2D eigenvalue weighted by Gasteiger charge is -2.08. The number of amides is 1. The number of nitrogens with one attached hydrogen (secondary N) is 2. The Bertz CT molecular complexity index is 341. The lowest BCUT2D eigenvalue weighted by molar-refractivity contribution is 0.0941. The molecule has 90 valence electrons. The number of nitrogens with zero attached hydrogens (tertiary/aromatic N) is 1. The van der Waals surface area contributed by atoms with Gasteiger partial charge in [0.15, 0.2) is 0 Å². The van der Waals surface area contributed by atoms with Crippen LogP contribution in [0.1, 0.15) is 41.5 Å². The van der Waals surface area contributed by atoms with Crippen molar-refractivity contribution < 1.29 is 9.90 Å². The van der Waals surface area contributed by atoms with Crippen LogP contribution in [0.5, 0.6) is 0 Å². The van der Waals surface area contributed by atoms with Gasteiger partial charge in [-0.2, -0.15) is 5.10 Å². The summed E-state index contributed by atoms with van der Waals surface area (Å²) in [6, 6.07) is 0. The Labute approximate surface area is 95.3 Å². The van der Waals surface area contributed by atoms with Crippen LogP contribution >= 0.6 is 0 Å². The van der Waals surface area contributed by atoms with Crippen molar-refractivity contribution in [3.63, 3.8) is 0 Å². The van der Waals surface area contributed by atoms with E-state index in [0.29, 0.717) is 30.6 Å². The molecule has 0 fully saturated rings. The van der Waals surface area contributed by atoms with Crippen molar-refractivity contribution in [1.29, 1.82) is 0 Å². The molecule has 1 rings (SSSR count). The minimum absolute atomic E-state index is 0.132. The minimum Gasteiger partial charge on any atom is -0.393 e. The first-order valence-corrected chi connectivity index (χ1v) is 5.54. The quantitative estimate of drug-likeness (QED) is 0.697. The van der Waals surface area contributed by atoms with E-state index in [1.165, 1.54) is 0 Å². The molecular formula is C11H19N3O2. The Morgan fingerprint density at radius 1 is 1.56 bits per heavy atom. The molecule has 0 saturated heterocycles. The zero-order chi connectivity index (χ0) is 12.1. The van der Waals surface area contributed by atoms with Crippen molar-refractivity contribution in [3.05, 3.63) is 17.0 Å². The molecule has 0 aromatic carbocycles. The van der Waals surface area contributed by atoms with E-state index in [9.17, 15) is 9.90 Å². The van der Waals surface area contributed by atoms with Gasteiger partial charge in [0.1, 0.15) is 0 Å². The number of carbonyl (C=O) groups excluding carboxylic acids is 1. The van der Waals surface area contributed by atoms with E-state index < -0.39 is 0 Å². The summed E-state index contributed by atoms with van der Waals surface area (Å²) in [5, 5.41) is 18.8. The normalized spacial score (nSPS) is 12.5. The van der Waals surface area contributed by atoms with Gasteiger partial charge in [0.25, 0.3) is 5.91 Å². The molecule has 1 atom stereocenters. The summed E-state index contributed by atoms with van der Waals surface area (Å²) in [4.78, 5) is 11.8. The fourth-order valence-corrected chi connectivity index (χ4v) is 1.53. The van der Waals surface area contributed by atoms with Gasteiger partial charge in [0, 0.05) is 12.2 Å². The van der Waals surface area contributed by atoms with E-state index in [0.717, 1.165) is 5.69 Å². The molecule has 0 bridgehead atoms. The Balaban J connectivity index is 2.47. The summed E-state index contributed by atoms with van der Waals surface area (Å²) in [6.07, 6.45) is 0.949. The maximum absolute atomic E-state index is 11.8. The van der Waals surface area contributed by atoms with Crippen LogP contribution in [0.2, 0.25) is 0 Å². The van der Waals surface area contributed by atoms with Crippen molar-refractivity contribution in [3.8, 4) is 0 Å². The molecular weight excluding hydrogens is 206 g/mol. The van der Waals surface area contributed by atoms with Gasteiger partial charge in [-0.15, -0.1) is 0 Å². The number of aliphatic hydroxyl groups excluding tert-OH is 1. The van der Waals surface area contributed by atoms with Gasteiger partial charge in [-0.1, -0.05) is 6.92 Å². The molecule has 0 aliphatic carbocycles. The molecule has 1 aromatic rings. The van der Waals surface area contributed by atoms with Crippen LogP contribution in [0, 0.1) is 13.8 Å². The number of aryl methyl sites for hydroxylation is 2. The Morgan fingerprint density at radius 2 is 2.25 bits per heavy atom. The molecule has 1 aromatic heterocycles. The van der Waals surface area contributed by atoms with Gasteiger partial charge >= 0.3 is 0 Å². The number of aromatic amines is 1. The van der Waals surface area contributed by atoms with E-state index in [-0.39, 0.29) is 12.0 Å². The van der Waals surface area contributed by atoms with Crippen LogP contribution in [0.15, 0.2) is 0 Å². The van der Waals surface area contributed by atoms with Gasteiger partial charge in [-0.3, -0.25) is 9.89 Å². The third-order valence-electron chi connectivity index (χ3n) is 2.59. The monoisotopic (exact) mass is 225 g/mol. The molecule has 1 heterocycles. The molecule has 1 amide bonds. The lowest BCUT2D eigenvalue weighted by Crippen LogP contribution is -2.27. The molecule has 5 nitrogen and oxygen atoms in total. The largest absolute Gasteiger partial charge is 0.393 e. The van der Waals surface area contributed by atoms with Crippen LogP contribution in [0.25, 0.3) is 0 Å². The average molecular weight is 225 g/mol. The van der Waals surface area contributed by atoms with E-state index >= 15 is 0 Å². The first-order valence-electron chi connectivity index (χ1n) is 5.54. The summed E-state index contributed by atoms with van der Waals surface area (Å²) in [5.74, 6) is -0.132. The number of H-pyrrole nitrogens is 1. The maximum atomic E-state index is 11.8. The molecule has 0 aliphatic heterocycles. The molecule has 1 unspecified atom stereocenters. The smallest absolute Gasteiger partial charge is 0.255 e. The standard InChI is InChI=1S/C11H19N3O2/c1-4-9(15)5-6-12-11(16)10-7(2)13-14-8(10)3/h9,15H,4-6H2,1-3H3,(H,12,16)(H,13,14). The van der Waals surface area contributed by atoms with Crippen LogP contribution in [-0.2, 0) is 0 Å². The van der Waals surface area contributed by atoms with Gasteiger partial charge in [0.05, 0.1) is 17.4 Å². The van der Waals surface area contributed by atoms with Crippen LogP contribution in [0.3, 0.4) is 0 Å². The summed E-state index contributed by atoms with van der Waals surface area (Å²) in [6.45, 7) is 6.00. The van der Waals surface area contributed by atoms with E-state index in [1.807, 2.05) is 13.8 Å². The Hall–Kier alpha value is -1.36. The minimum atomic E-state index is -0.341. The van der Waals surface area contributed by atoms with Crippen LogP contribution < -0.4 is 5.32 Å². The predicted octanol–water partition coefficient (Wildman–Crippen LogP) is 0.917. The average Bonchev–Trinajstić information content (AvgIpc) is 2.58. The number of hydrogen-bond acceptors (Lipinski definition) is 3. The zero-order valence-electron chi connectivity index (χ0n) is 10.0. The number of carbonyl (C=O) groups is 1. The second-order valence-electron chi connectivity index (χ2n) is 3.92. The van der Waals surface area contributed by atoms with E-state index in [1.54, 1.807) is 6.92 Å². The third kappa shape index (κ3) is 3.06. The predicted molar refractivity (Wildman–Crippen MR) is 61.3 cm³/mol. The lowest BCUT2D eigenvalue weighted by atomic mass is 10.1. The Morgan fingerprint density at radius 3 is 2.75 bits per heavy atom. The second-order valence-corrected chi connectivity index (χ2v) is 3.92. The fourth-order valence-electron chi connectivity index (χ4n) is 1.53. The summed E-state index contributed by atoms with van der Waals surface area (Å²) >= 11 is 0. The third-order valence-corrected chi connectivity index (χ3v) is 2.59. The highest BCUT2D eigenvalue weighted by Gasteiger charge is 2.14. The van der Waals surface area contributed by atoms with Gasteiger partial charge in [0.2, 0.25) is 0 Å². The van der Waals surface area contributed by atoms with Gasteiger partial charge < -0.3 is 10.4 Å². The first kappa shape index (κ1) is 12.7. The summed E-state index contributed by atoms with van der Waals surface area (Å²) < 4.78 is 0. The zero-order valence-corrected chi connectivity index (χ0v) is 10.0. The summed E-state index contributed by atoms with van der Waals surface area (Å²) in [5.41, 5.74) is 2.07. The molecule has 0 aliphatic rings. The summed E-state index contributed by atoms with van der Waals surface area (Å²) in [7, 11) is 0. The molecule has 0 radical (unpaired) electrons. The number of rotatable bonds is 5. The van der Waals surface area contributed by atoms with E-state index in [2.05, 4.69) is 15.5 Å². The van der Waals surface area contributed by atoms with Crippen molar-refractivity contribution in [1.82, 2.24) is 15.5 Å². The molecule has 0 spiro atoms. The highest BCUT2D eigenvalue weighted by atomic mass is 16.3. The highest BCUT2D eigenvalue weighted by molar-refractivity contribution is 5.96. The van der Waals surface area contributed by atoms with E-state index in [4.69, 9.17) is 0 Å². The molecule has 0 saturated carbocycles. The Kier molecular flexibility index (Phi) is 4.49. The highest BCUT2D eigenvalue weighted by Crippen LogP contribution is 2.08. The number of aliphatic hydroxyl groups is 1. The number of hydrogen-bond donors (Lipinski definition) is 3. The fraction of sp³-hybridized carbons (Fsp3) is 0.636. The van der Waals surface area contributed by atoms with Crippen molar-refractivity contribution in [2.45, 2.75) is 39.7 Å². The van der Waals surface area contributed by atoms with Crippen molar-refractivity contribution >= 4 is 5.91 Å². The van der Waals surface area contributed by atoms with Gasteiger partial charge in [-0.05, 0) is 26.7 Å². The van der Waals surface area contributed by atoms with Crippen molar-refractivity contribution in [2.75, 3.05) is 6.54 Å². The molecule has 16 heavy (non-hydrogen) atoms. The number of aromatic nitrogens is 2. The molecule has 5 heteroatoms. The topological polar surface area (TPSA) is 78.0 Å². The van der Waals surface area contributed by atoms with Crippen LogP contribution in [-0.4, -0.2) is 33.9 Å². The molecule has 3 N–H and O–H groups in total. The van der Waals surface area contributed by atoms with Gasteiger partial charge in [-0.25, -0.2) is 0 Å². The van der Waals surface area contributed by atoms with Crippen molar-refractivity contribution in [2.24, 2.45) is 0 Å². The SMILES string of the molecule is CCC(O)CCNC(=O)c1c(C)n[nH]c1C. The first-order chi connectivity index (χ1) is 7.56. The van der Waals surface area contributed by atoms with Crippen LogP contribution in [0.4, 0.5) is 0 Å². The second kappa shape index (κ2) is 5.65.